The van der Waals surface area contributed by atoms with E-state index in [-0.39, 0.29) is 5.97 Å². The molecule has 0 aliphatic heterocycles. The molecule has 20 heavy (non-hydrogen) atoms. The lowest BCUT2D eigenvalue weighted by Gasteiger charge is -2.29. The minimum Gasteiger partial charge on any atom is -0.467 e. The maximum atomic E-state index is 12.0. The van der Waals surface area contributed by atoms with Gasteiger partial charge in [0, 0.05) is 5.69 Å². The molecule has 1 rings (SSSR count). The summed E-state index contributed by atoms with van der Waals surface area (Å²) < 4.78 is 4.87. The van der Waals surface area contributed by atoms with Crippen molar-refractivity contribution in [3.05, 3.63) is 23.0 Å². The van der Waals surface area contributed by atoms with Crippen LogP contribution in [-0.2, 0) is 9.53 Å². The molecule has 0 fully saturated rings. The van der Waals surface area contributed by atoms with Gasteiger partial charge in [0.1, 0.15) is 11.6 Å². The molecule has 0 saturated carbocycles. The van der Waals surface area contributed by atoms with Gasteiger partial charge in [-0.2, -0.15) is 5.26 Å². The van der Waals surface area contributed by atoms with Crippen LogP contribution in [-0.4, -0.2) is 23.6 Å². The number of pyridine rings is 1. The van der Waals surface area contributed by atoms with Crippen LogP contribution in [0.4, 0.5) is 5.69 Å². The molecule has 1 aromatic rings. The number of ether oxygens (including phenoxy) is 1. The smallest absolute Gasteiger partial charge is 0.331 e. The van der Waals surface area contributed by atoms with Gasteiger partial charge >= 0.3 is 5.97 Å². The van der Waals surface area contributed by atoms with Crippen LogP contribution < -0.4 is 5.32 Å². The Bertz CT molecular complexity index is 549. The molecule has 0 aromatic carbocycles. The number of aromatic nitrogens is 1. The van der Waals surface area contributed by atoms with Crippen molar-refractivity contribution in [1.29, 1.82) is 5.26 Å². The molecule has 1 unspecified atom stereocenters. The van der Waals surface area contributed by atoms with E-state index in [4.69, 9.17) is 4.74 Å². The van der Waals surface area contributed by atoms with Crippen LogP contribution in [0.3, 0.4) is 0 Å². The maximum Gasteiger partial charge on any atom is 0.331 e. The first kappa shape index (κ1) is 16.0. The second-order valence-electron chi connectivity index (χ2n) is 5.08. The van der Waals surface area contributed by atoms with Crippen LogP contribution in [0.2, 0.25) is 0 Å². The molecule has 0 amide bonds. The molecular weight excluding hydrogens is 254 g/mol. The molecule has 0 saturated heterocycles. The van der Waals surface area contributed by atoms with E-state index >= 15 is 0 Å². The van der Waals surface area contributed by atoms with Gasteiger partial charge in [-0.3, -0.25) is 4.98 Å². The fourth-order valence-corrected chi connectivity index (χ4v) is 2.31. The lowest BCUT2D eigenvalue weighted by Crippen LogP contribution is -2.44. The van der Waals surface area contributed by atoms with Gasteiger partial charge < -0.3 is 10.1 Å². The molecule has 108 valence electrons. The van der Waals surface area contributed by atoms with E-state index in [1.807, 2.05) is 13.8 Å². The van der Waals surface area contributed by atoms with Gasteiger partial charge in [-0.15, -0.1) is 0 Å². The third-order valence-electron chi connectivity index (χ3n) is 3.24. The van der Waals surface area contributed by atoms with E-state index < -0.39 is 5.54 Å². The molecule has 5 nitrogen and oxygen atoms in total. The summed E-state index contributed by atoms with van der Waals surface area (Å²) in [6, 6.07) is 3.92. The number of carbonyl (C=O) groups excluding carboxylic acids is 1. The van der Waals surface area contributed by atoms with Crippen LogP contribution in [0, 0.1) is 25.2 Å². The van der Waals surface area contributed by atoms with Crippen molar-refractivity contribution in [2.45, 2.75) is 46.1 Å². The molecule has 0 radical (unpaired) electrons. The minimum absolute atomic E-state index is 0.338. The number of anilines is 1. The van der Waals surface area contributed by atoms with Crippen molar-refractivity contribution >= 4 is 11.7 Å². The highest BCUT2D eigenvalue weighted by atomic mass is 16.5. The van der Waals surface area contributed by atoms with Crippen molar-refractivity contribution in [1.82, 2.24) is 4.98 Å². The molecule has 0 spiro atoms. The molecule has 0 bridgehead atoms. The molecule has 0 aliphatic rings. The Morgan fingerprint density at radius 1 is 1.55 bits per heavy atom. The fraction of sp³-hybridized carbons (Fsp3) is 0.533. The van der Waals surface area contributed by atoms with Crippen LogP contribution in [0.15, 0.2) is 6.07 Å². The Balaban J connectivity index is 3.25. The summed E-state index contributed by atoms with van der Waals surface area (Å²) >= 11 is 0. The van der Waals surface area contributed by atoms with Gasteiger partial charge in [-0.05, 0) is 33.3 Å². The van der Waals surface area contributed by atoms with E-state index in [1.165, 1.54) is 7.11 Å². The van der Waals surface area contributed by atoms with Crippen molar-refractivity contribution in [3.63, 3.8) is 0 Å². The van der Waals surface area contributed by atoms with Crippen LogP contribution in [0.25, 0.3) is 0 Å². The second kappa shape index (κ2) is 6.38. The van der Waals surface area contributed by atoms with Crippen LogP contribution >= 0.6 is 0 Å². The molecule has 0 aliphatic carbocycles. The van der Waals surface area contributed by atoms with Gasteiger partial charge in [-0.1, -0.05) is 13.3 Å². The summed E-state index contributed by atoms with van der Waals surface area (Å²) in [6.45, 7) is 7.42. The summed E-state index contributed by atoms with van der Waals surface area (Å²) in [4.78, 5) is 16.3. The fourth-order valence-electron chi connectivity index (χ4n) is 2.31. The average Bonchev–Trinajstić information content (AvgIpc) is 2.37. The monoisotopic (exact) mass is 275 g/mol. The Morgan fingerprint density at radius 3 is 2.70 bits per heavy atom. The van der Waals surface area contributed by atoms with Crippen molar-refractivity contribution in [2.24, 2.45) is 0 Å². The molecule has 1 aromatic heterocycles. The number of nitriles is 1. The molecular formula is C15H21N3O2. The topological polar surface area (TPSA) is 75.0 Å². The first-order valence-corrected chi connectivity index (χ1v) is 6.63. The molecule has 1 atom stereocenters. The summed E-state index contributed by atoms with van der Waals surface area (Å²) in [5, 5.41) is 12.4. The normalized spacial score (nSPS) is 13.2. The van der Waals surface area contributed by atoms with Crippen LogP contribution in [0.5, 0.6) is 0 Å². The van der Waals surface area contributed by atoms with E-state index in [2.05, 4.69) is 16.4 Å². The van der Waals surface area contributed by atoms with Crippen molar-refractivity contribution in [3.8, 4) is 6.07 Å². The largest absolute Gasteiger partial charge is 0.467 e. The first-order valence-electron chi connectivity index (χ1n) is 6.63. The van der Waals surface area contributed by atoms with Gasteiger partial charge in [0.2, 0.25) is 0 Å². The van der Waals surface area contributed by atoms with Crippen molar-refractivity contribution < 1.29 is 9.53 Å². The standard InChI is InChI=1S/C15H21N3O2/c1-6-7-15(4,14(19)20-5)18-13-8-10(2)17-11(3)12(13)9-16/h8H,6-7H2,1-5H3,(H,17,18). The molecule has 5 heteroatoms. The average molecular weight is 275 g/mol. The predicted molar refractivity (Wildman–Crippen MR) is 77.4 cm³/mol. The third-order valence-corrected chi connectivity index (χ3v) is 3.24. The van der Waals surface area contributed by atoms with Gasteiger partial charge in [0.15, 0.2) is 0 Å². The Labute approximate surface area is 120 Å². The predicted octanol–water partition coefficient (Wildman–Crippen LogP) is 2.71. The SMILES string of the molecule is CCCC(C)(Nc1cc(C)nc(C)c1C#N)C(=O)OC. The third kappa shape index (κ3) is 3.27. The number of nitrogens with zero attached hydrogens (tertiary/aromatic N) is 2. The van der Waals surface area contributed by atoms with Gasteiger partial charge in [0.25, 0.3) is 0 Å². The lowest BCUT2D eigenvalue weighted by molar-refractivity contribution is -0.145. The van der Waals surface area contributed by atoms with E-state index in [1.54, 1.807) is 19.9 Å². The highest BCUT2D eigenvalue weighted by Crippen LogP contribution is 2.26. The second-order valence-corrected chi connectivity index (χ2v) is 5.08. The zero-order valence-electron chi connectivity index (χ0n) is 12.7. The Kier molecular flexibility index (Phi) is 5.09. The minimum atomic E-state index is -0.852. The Morgan fingerprint density at radius 2 is 2.20 bits per heavy atom. The Hall–Kier alpha value is -2.09. The lowest BCUT2D eigenvalue weighted by atomic mass is 9.95. The van der Waals surface area contributed by atoms with Gasteiger partial charge in [-0.25, -0.2) is 4.79 Å². The van der Waals surface area contributed by atoms with Gasteiger partial charge in [0.05, 0.1) is 24.1 Å². The van der Waals surface area contributed by atoms with E-state index in [0.717, 1.165) is 12.1 Å². The number of rotatable bonds is 5. The number of esters is 1. The summed E-state index contributed by atoms with van der Waals surface area (Å²) in [5.41, 5.74) is 1.68. The van der Waals surface area contributed by atoms with Crippen molar-refractivity contribution in [2.75, 3.05) is 12.4 Å². The molecule has 1 N–H and O–H groups in total. The van der Waals surface area contributed by atoms with E-state index in [9.17, 15) is 10.1 Å². The molecule has 1 heterocycles. The summed E-state index contributed by atoms with van der Waals surface area (Å²) in [5.74, 6) is -0.338. The number of methoxy groups -OCH3 is 1. The quantitative estimate of drug-likeness (QED) is 0.836. The van der Waals surface area contributed by atoms with E-state index in [0.29, 0.717) is 23.4 Å². The number of nitrogens with one attached hydrogen (secondary N) is 1. The zero-order valence-corrected chi connectivity index (χ0v) is 12.7. The highest BCUT2D eigenvalue weighted by molar-refractivity contribution is 5.84. The van der Waals surface area contributed by atoms with Crippen LogP contribution in [0.1, 0.15) is 43.6 Å². The summed E-state index contributed by atoms with van der Waals surface area (Å²) in [7, 11) is 1.37. The number of aryl methyl sites for hydroxylation is 2. The number of hydrogen-bond acceptors (Lipinski definition) is 5. The number of hydrogen-bond donors (Lipinski definition) is 1. The number of carbonyl (C=O) groups is 1. The maximum absolute atomic E-state index is 12.0. The highest BCUT2D eigenvalue weighted by Gasteiger charge is 2.34. The zero-order chi connectivity index (χ0) is 15.3. The summed E-state index contributed by atoms with van der Waals surface area (Å²) in [6.07, 6.45) is 1.44. The first-order chi connectivity index (χ1) is 9.37.